The van der Waals surface area contributed by atoms with Crippen molar-refractivity contribution in [1.82, 2.24) is 25.9 Å². The van der Waals surface area contributed by atoms with E-state index in [1.165, 1.54) is 23.2 Å². The minimum Gasteiger partial charge on any atom is -0.504 e. The van der Waals surface area contributed by atoms with Gasteiger partial charge in [-0.25, -0.2) is 25.4 Å². The highest BCUT2D eigenvalue weighted by molar-refractivity contribution is 8.00. The summed E-state index contributed by atoms with van der Waals surface area (Å²) in [5, 5.41) is 33.2. The highest BCUT2D eigenvalue weighted by atomic mass is 32.2. The van der Waals surface area contributed by atoms with Gasteiger partial charge in [0.05, 0.1) is 5.37 Å². The summed E-state index contributed by atoms with van der Waals surface area (Å²) < 4.78 is 5.06. The van der Waals surface area contributed by atoms with Gasteiger partial charge < -0.3 is 36.4 Å². The van der Waals surface area contributed by atoms with Crippen LogP contribution in [0.4, 0.5) is 9.93 Å². The Kier molecular flexibility index (Phi) is 9.38. The number of nitrogens with zero attached hydrogens (tertiary/aromatic N) is 4. The van der Waals surface area contributed by atoms with Gasteiger partial charge in [0.2, 0.25) is 5.91 Å². The average molecular weight is 651 g/mol. The third kappa shape index (κ3) is 6.90. The van der Waals surface area contributed by atoms with Gasteiger partial charge in [0, 0.05) is 16.7 Å². The second-order valence-electron chi connectivity index (χ2n) is 8.67. The second kappa shape index (κ2) is 13.2. The number of aliphatic carboxylic acids is 1. The first kappa shape index (κ1) is 31.4. The van der Waals surface area contributed by atoms with Crippen LogP contribution in [0.1, 0.15) is 16.1 Å². The molecule has 44 heavy (non-hydrogen) atoms. The number of oxime groups is 1. The number of benzene rings is 1. The first-order valence-corrected chi connectivity index (χ1v) is 14.0. The summed E-state index contributed by atoms with van der Waals surface area (Å²) in [6.45, 7) is -1.40. The Morgan fingerprint density at radius 2 is 1.93 bits per heavy atom. The van der Waals surface area contributed by atoms with Gasteiger partial charge in [0.15, 0.2) is 28.9 Å². The maximum absolute atomic E-state index is 13.1. The zero-order valence-corrected chi connectivity index (χ0v) is 23.7. The highest BCUT2D eigenvalue weighted by Crippen LogP contribution is 2.41. The maximum atomic E-state index is 13.1. The first-order valence-electron chi connectivity index (χ1n) is 12.1. The Morgan fingerprint density at radius 3 is 2.57 bits per heavy atom. The van der Waals surface area contributed by atoms with Crippen molar-refractivity contribution in [1.29, 1.82) is 0 Å². The molecule has 1 aromatic heterocycles. The van der Waals surface area contributed by atoms with E-state index in [2.05, 4.69) is 10.1 Å². The number of hydrazine groups is 2. The smallest absolute Gasteiger partial charge is 0.427 e. The minimum absolute atomic E-state index is 0.0105. The lowest BCUT2D eigenvalue weighted by Crippen LogP contribution is -2.62. The number of carbonyl (C=O) groups excluding carboxylic acids is 5. The Labute approximate surface area is 254 Å². The molecule has 2 aliphatic rings. The molecule has 1 fully saturated rings. The summed E-state index contributed by atoms with van der Waals surface area (Å²) in [6.07, 6.45) is 0.0793. The number of thioether (sulfide) groups is 1. The van der Waals surface area contributed by atoms with Crippen LogP contribution in [-0.2, 0) is 28.8 Å². The molecule has 0 saturated carbocycles. The fourth-order valence-corrected chi connectivity index (χ4v) is 5.56. The summed E-state index contributed by atoms with van der Waals surface area (Å²) >= 11 is 2.25. The van der Waals surface area contributed by atoms with Crippen molar-refractivity contribution >= 4 is 69.6 Å². The summed E-state index contributed by atoms with van der Waals surface area (Å²) in [7, 11) is 0. The molecule has 1 saturated heterocycles. The fraction of sp³-hybridized carbons (Fsp3) is 0.217. The molecule has 232 valence electrons. The molecule has 0 spiro atoms. The molecule has 0 bridgehead atoms. The lowest BCUT2D eigenvalue weighted by molar-refractivity contribution is -0.154. The van der Waals surface area contributed by atoms with Crippen molar-refractivity contribution in [2.24, 2.45) is 16.8 Å². The van der Waals surface area contributed by atoms with Gasteiger partial charge in [-0.1, -0.05) is 5.16 Å². The van der Waals surface area contributed by atoms with Crippen LogP contribution in [0.15, 0.2) is 40.5 Å². The number of ether oxygens (including phenoxy) is 1. The van der Waals surface area contributed by atoms with Crippen LogP contribution in [0.5, 0.6) is 11.5 Å². The van der Waals surface area contributed by atoms with E-state index in [1.54, 1.807) is 0 Å². The second-order valence-corrected chi connectivity index (χ2v) is 10.7. The van der Waals surface area contributed by atoms with Crippen molar-refractivity contribution in [3.63, 3.8) is 0 Å². The highest BCUT2D eigenvalue weighted by Gasteiger charge is 2.52. The molecule has 2 aromatic rings. The van der Waals surface area contributed by atoms with Gasteiger partial charge in [-0.2, -0.15) is 0 Å². The molecule has 2 aliphatic heterocycles. The Balaban J connectivity index is 1.41. The number of carboxylic acid groups (broad SMARTS) is 1. The van der Waals surface area contributed by atoms with Crippen LogP contribution >= 0.6 is 23.1 Å². The third-order valence-electron chi connectivity index (χ3n) is 5.78. The van der Waals surface area contributed by atoms with Crippen molar-refractivity contribution < 1.29 is 53.7 Å². The number of fused-ring (bicyclic) bond motifs is 1. The van der Waals surface area contributed by atoms with Crippen LogP contribution in [0.3, 0.4) is 0 Å². The fourth-order valence-electron chi connectivity index (χ4n) is 3.77. The zero-order valence-electron chi connectivity index (χ0n) is 22.0. The number of aromatic hydroxyl groups is 2. The molecule has 9 N–H and O–H groups in total. The molecule has 19 nitrogen and oxygen atoms in total. The molecular weight excluding hydrogens is 628 g/mol. The van der Waals surface area contributed by atoms with Crippen molar-refractivity contribution in [2.45, 2.75) is 5.37 Å². The summed E-state index contributed by atoms with van der Waals surface area (Å²) in [5.74, 6) is -6.92. The lowest BCUT2D eigenvalue weighted by atomic mass is 9.97. The Hall–Kier alpha value is -5.57. The van der Waals surface area contributed by atoms with E-state index >= 15 is 0 Å². The van der Waals surface area contributed by atoms with Crippen LogP contribution in [0.2, 0.25) is 0 Å². The summed E-state index contributed by atoms with van der Waals surface area (Å²) in [4.78, 5) is 83.5. The average Bonchev–Trinajstić information content (AvgIpc) is 3.40. The Morgan fingerprint density at radius 1 is 1.18 bits per heavy atom. The molecule has 21 heteroatoms. The molecule has 5 amide bonds. The number of thiazole rings is 1. The predicted octanol–water partition coefficient (Wildman–Crippen LogP) is -1.34. The Bertz CT molecular complexity index is 1590. The van der Waals surface area contributed by atoms with Crippen molar-refractivity contribution in [3.05, 3.63) is 46.6 Å². The molecule has 0 radical (unpaired) electrons. The number of phenols is 2. The standard InChI is InChI=1S/C23H22N8O11S2/c24-17(35)16(11-8-44-22(25)26-11)29-42-7-15(34)27-31(18(36)9-1-2-13(32)14(33)5-9)28-23(40)41-6-10-19(37)30-12(21(38)39)3-4-43-20(10)30/h1-3,5,8,10,20,32-33H,4,6-7H2,(H2,24,35)(H2,25,26)(H,27,34)(H,28,40)(H,38,39)/t10?,20-/m0/s1. The SMILES string of the molecule is NC(=O)C(=NOCC(=O)NN(NC(=O)OCC1C(=O)N2C(C(=O)O)=CCS[C@@H]12)C(=O)c1ccc(O)c(O)c1)c1csc(N)n1. The van der Waals surface area contributed by atoms with Crippen LogP contribution in [0, 0.1) is 5.92 Å². The number of primary amides is 1. The van der Waals surface area contributed by atoms with Crippen LogP contribution < -0.4 is 22.3 Å². The number of nitrogens with one attached hydrogen (secondary N) is 2. The van der Waals surface area contributed by atoms with E-state index in [9.17, 15) is 44.1 Å². The van der Waals surface area contributed by atoms with Crippen molar-refractivity contribution in [2.75, 3.05) is 24.7 Å². The van der Waals surface area contributed by atoms with Gasteiger partial charge in [-0.05, 0) is 24.3 Å². The number of carbonyl (C=O) groups is 6. The van der Waals surface area contributed by atoms with E-state index in [1.807, 2.05) is 10.9 Å². The van der Waals surface area contributed by atoms with Gasteiger partial charge in [0.1, 0.15) is 23.9 Å². The number of amides is 5. The summed E-state index contributed by atoms with van der Waals surface area (Å²) in [5.41, 5.74) is 13.8. The maximum Gasteiger partial charge on any atom is 0.427 e. The van der Waals surface area contributed by atoms with E-state index in [0.29, 0.717) is 5.75 Å². The van der Waals surface area contributed by atoms with Gasteiger partial charge in [-0.15, -0.1) is 28.2 Å². The number of nitrogens with two attached hydrogens (primary N) is 2. The topological polar surface area (TPSA) is 289 Å². The largest absolute Gasteiger partial charge is 0.504 e. The summed E-state index contributed by atoms with van der Waals surface area (Å²) in [6, 6.07) is 2.89. The molecule has 1 aromatic carbocycles. The zero-order chi connectivity index (χ0) is 32.1. The van der Waals surface area contributed by atoms with Crippen LogP contribution in [-0.4, -0.2) is 96.1 Å². The normalized spacial score (nSPS) is 17.4. The monoisotopic (exact) mass is 650 g/mol. The van der Waals surface area contributed by atoms with Gasteiger partial charge >= 0.3 is 12.1 Å². The number of hydrogen-bond acceptors (Lipinski definition) is 15. The van der Waals surface area contributed by atoms with E-state index in [4.69, 9.17) is 21.0 Å². The van der Waals surface area contributed by atoms with Crippen molar-refractivity contribution in [3.8, 4) is 11.5 Å². The molecule has 1 unspecified atom stereocenters. The molecule has 2 atom stereocenters. The van der Waals surface area contributed by atoms with E-state index in [-0.39, 0.29) is 27.2 Å². The molecule has 3 heterocycles. The first-order chi connectivity index (χ1) is 20.9. The van der Waals surface area contributed by atoms with Crippen LogP contribution in [0.25, 0.3) is 0 Å². The number of anilines is 1. The number of phenolic OH excluding ortho intramolecular Hbond substituents is 2. The minimum atomic E-state index is -1.31. The molecular formula is C23H22N8O11S2. The van der Waals surface area contributed by atoms with Gasteiger partial charge in [-0.3, -0.25) is 24.1 Å². The van der Waals surface area contributed by atoms with Gasteiger partial charge in [0.25, 0.3) is 17.7 Å². The number of carboxylic acids is 1. The molecule has 0 aliphatic carbocycles. The number of aromatic nitrogens is 1. The number of nitrogen functional groups attached to an aromatic ring is 1. The van der Waals surface area contributed by atoms with E-state index < -0.39 is 77.4 Å². The number of hydrogen-bond donors (Lipinski definition) is 7. The quantitative estimate of drug-likeness (QED) is 0.0715. The number of rotatable bonds is 9. The number of β-lactam (4-membered cyclic amide) rings is 1. The van der Waals surface area contributed by atoms with E-state index in [0.717, 1.165) is 34.4 Å². The predicted molar refractivity (Wildman–Crippen MR) is 149 cm³/mol. The third-order valence-corrected chi connectivity index (χ3v) is 7.70. The molecule has 4 rings (SSSR count). The lowest BCUT2D eigenvalue weighted by Gasteiger charge is -2.47.